The highest BCUT2D eigenvalue weighted by atomic mass is 16.5. The predicted octanol–water partition coefficient (Wildman–Crippen LogP) is 0.806. The van der Waals surface area contributed by atoms with Crippen LogP contribution < -0.4 is 27.1 Å². The summed E-state index contributed by atoms with van der Waals surface area (Å²) in [5, 5.41) is 9.58. The van der Waals surface area contributed by atoms with Crippen molar-refractivity contribution in [1.29, 1.82) is 0 Å². The van der Waals surface area contributed by atoms with Gasteiger partial charge in [-0.05, 0) is 37.0 Å². The molecule has 0 radical (unpaired) electrons. The van der Waals surface area contributed by atoms with Crippen LogP contribution in [-0.2, 0) is 20.7 Å². The highest BCUT2D eigenvalue weighted by Gasteiger charge is 2.26. The minimum absolute atomic E-state index is 0.245. The normalized spacial score (nSPS) is 14.7. The van der Waals surface area contributed by atoms with Crippen LogP contribution in [0.25, 0.3) is 11.1 Å². The first-order chi connectivity index (χ1) is 14.6. The molecule has 2 atom stereocenters. The molecule has 3 rings (SSSR count). The fourth-order valence-electron chi connectivity index (χ4n) is 3.03. The number of esters is 1. The van der Waals surface area contributed by atoms with Crippen LogP contribution in [0.15, 0.2) is 59.7 Å². The lowest BCUT2D eigenvalue weighted by atomic mass is 10.00. The van der Waals surface area contributed by atoms with Crippen molar-refractivity contribution >= 4 is 17.8 Å². The number of hydrogen-bond donors (Lipinski definition) is 5. The van der Waals surface area contributed by atoms with E-state index < -0.39 is 18.1 Å². The zero-order valence-corrected chi connectivity index (χ0v) is 16.9. The summed E-state index contributed by atoms with van der Waals surface area (Å²) in [4.78, 5) is 24.8. The Morgan fingerprint density at radius 1 is 1.07 bits per heavy atom. The number of hydrazine groups is 2. The van der Waals surface area contributed by atoms with Crippen LogP contribution in [0.3, 0.4) is 0 Å². The molecule has 30 heavy (non-hydrogen) atoms. The fraction of sp³-hybridized carbons (Fsp3) is 0.286. The third-order valence-corrected chi connectivity index (χ3v) is 4.55. The quantitative estimate of drug-likeness (QED) is 0.409. The van der Waals surface area contributed by atoms with E-state index in [9.17, 15) is 9.59 Å². The molecule has 9 nitrogen and oxygen atoms in total. The standard InChI is InChI=1S/C21H26N6O3/c1-3-30-20(29)14(2)22-18(19(28)23-21-24-26-27-25-21)13-15-9-11-17(12-10-15)16-7-5-4-6-8-16/h4-12,14,18,22,26-27H,3,13H2,1-2H3,(H2,23,24,25,28)/t14-,18?/m0/s1. The fourth-order valence-corrected chi connectivity index (χ4v) is 3.03. The smallest absolute Gasteiger partial charge is 0.322 e. The van der Waals surface area contributed by atoms with Gasteiger partial charge >= 0.3 is 5.97 Å². The van der Waals surface area contributed by atoms with Gasteiger partial charge in [-0.1, -0.05) is 54.6 Å². The summed E-state index contributed by atoms with van der Waals surface area (Å²) in [6.45, 7) is 3.69. The van der Waals surface area contributed by atoms with Gasteiger partial charge in [0.1, 0.15) is 6.04 Å². The van der Waals surface area contributed by atoms with E-state index >= 15 is 0 Å². The van der Waals surface area contributed by atoms with Crippen LogP contribution in [0.4, 0.5) is 0 Å². The van der Waals surface area contributed by atoms with Gasteiger partial charge in [-0.3, -0.25) is 25.6 Å². The number of amides is 1. The number of benzene rings is 2. The van der Waals surface area contributed by atoms with E-state index in [0.29, 0.717) is 6.42 Å². The number of ether oxygens (including phenoxy) is 1. The zero-order chi connectivity index (χ0) is 21.3. The third kappa shape index (κ3) is 5.79. The molecule has 1 aliphatic rings. The summed E-state index contributed by atoms with van der Waals surface area (Å²) < 4.78 is 5.04. The molecule has 0 saturated carbocycles. The average Bonchev–Trinajstić information content (AvgIpc) is 3.27. The van der Waals surface area contributed by atoms with Gasteiger partial charge in [-0.25, -0.2) is 5.53 Å². The van der Waals surface area contributed by atoms with E-state index in [1.165, 1.54) is 0 Å². The van der Waals surface area contributed by atoms with Crippen LogP contribution in [-0.4, -0.2) is 36.5 Å². The van der Waals surface area contributed by atoms with Crippen molar-refractivity contribution in [2.45, 2.75) is 32.4 Å². The van der Waals surface area contributed by atoms with E-state index in [1.807, 2.05) is 54.6 Å². The summed E-state index contributed by atoms with van der Waals surface area (Å²) in [6, 6.07) is 16.7. The van der Waals surface area contributed by atoms with Crippen molar-refractivity contribution < 1.29 is 14.3 Å². The maximum atomic E-state index is 12.8. The highest BCUT2D eigenvalue weighted by molar-refractivity contribution is 5.99. The number of rotatable bonds is 8. The molecule has 1 unspecified atom stereocenters. The molecule has 2 aromatic rings. The van der Waals surface area contributed by atoms with Crippen LogP contribution in [0.1, 0.15) is 19.4 Å². The topological polar surface area (TPSA) is 116 Å². The van der Waals surface area contributed by atoms with Crippen molar-refractivity contribution in [2.75, 3.05) is 6.61 Å². The number of carbonyl (C=O) groups excluding carboxylic acids is 2. The van der Waals surface area contributed by atoms with Crippen LogP contribution in [0.5, 0.6) is 0 Å². The lowest BCUT2D eigenvalue weighted by molar-refractivity contribution is -0.145. The molecule has 0 spiro atoms. The number of hydrazone groups is 1. The molecule has 5 N–H and O–H groups in total. The van der Waals surface area contributed by atoms with Gasteiger partial charge < -0.3 is 4.74 Å². The summed E-state index contributed by atoms with van der Waals surface area (Å²) in [5.74, 6) is -0.487. The summed E-state index contributed by atoms with van der Waals surface area (Å²) in [5.41, 5.74) is 10.9. The molecule has 0 fully saturated rings. The maximum Gasteiger partial charge on any atom is 0.322 e. The van der Waals surface area contributed by atoms with Crippen molar-refractivity contribution in [2.24, 2.45) is 5.10 Å². The maximum absolute atomic E-state index is 12.8. The second-order valence-electron chi connectivity index (χ2n) is 6.77. The summed E-state index contributed by atoms with van der Waals surface area (Å²) in [6.07, 6.45) is 0.388. The lowest BCUT2D eigenvalue weighted by Gasteiger charge is -2.22. The highest BCUT2D eigenvalue weighted by Crippen LogP contribution is 2.19. The summed E-state index contributed by atoms with van der Waals surface area (Å²) in [7, 11) is 0. The number of guanidine groups is 1. The van der Waals surface area contributed by atoms with Crippen molar-refractivity contribution in [3.05, 3.63) is 60.2 Å². The van der Waals surface area contributed by atoms with E-state index in [4.69, 9.17) is 4.74 Å². The Morgan fingerprint density at radius 3 is 2.40 bits per heavy atom. The van der Waals surface area contributed by atoms with Gasteiger partial charge in [0.05, 0.1) is 12.6 Å². The summed E-state index contributed by atoms with van der Waals surface area (Å²) >= 11 is 0. The van der Waals surface area contributed by atoms with Crippen molar-refractivity contribution in [3.8, 4) is 11.1 Å². The first-order valence-corrected chi connectivity index (χ1v) is 9.78. The Balaban J connectivity index is 1.72. The van der Waals surface area contributed by atoms with Gasteiger partial charge in [-0.15, -0.1) is 10.6 Å². The van der Waals surface area contributed by atoms with Crippen molar-refractivity contribution in [1.82, 2.24) is 27.1 Å². The van der Waals surface area contributed by atoms with E-state index in [0.717, 1.165) is 16.7 Å². The zero-order valence-electron chi connectivity index (χ0n) is 16.9. The van der Waals surface area contributed by atoms with Crippen LogP contribution >= 0.6 is 0 Å². The molecule has 0 bridgehead atoms. The molecule has 9 heteroatoms. The number of carbonyl (C=O) groups is 2. The molecule has 1 aliphatic heterocycles. The molecular weight excluding hydrogens is 384 g/mol. The molecule has 0 saturated heterocycles. The SMILES string of the molecule is CCOC(=O)[C@H](C)NC(Cc1ccc(-c2ccccc2)cc1)C(=O)NC1=NNNN1. The second-order valence-corrected chi connectivity index (χ2v) is 6.77. The van der Waals surface area contributed by atoms with Gasteiger partial charge in [0.2, 0.25) is 11.9 Å². The monoisotopic (exact) mass is 410 g/mol. The Morgan fingerprint density at radius 2 is 1.77 bits per heavy atom. The predicted molar refractivity (Wildman–Crippen MR) is 114 cm³/mol. The largest absolute Gasteiger partial charge is 0.465 e. The van der Waals surface area contributed by atoms with Crippen LogP contribution in [0.2, 0.25) is 0 Å². The Labute approximate surface area is 175 Å². The average molecular weight is 410 g/mol. The molecular formula is C21H26N6O3. The number of hydrogen-bond acceptors (Lipinski definition) is 8. The Kier molecular flexibility index (Phi) is 7.36. The van der Waals surface area contributed by atoms with Crippen LogP contribution in [0, 0.1) is 0 Å². The van der Waals surface area contributed by atoms with Gasteiger partial charge in [0.25, 0.3) is 0 Å². The van der Waals surface area contributed by atoms with E-state index in [1.54, 1.807) is 13.8 Å². The first-order valence-electron chi connectivity index (χ1n) is 9.78. The lowest BCUT2D eigenvalue weighted by Crippen LogP contribution is -2.54. The van der Waals surface area contributed by atoms with Crippen molar-refractivity contribution in [3.63, 3.8) is 0 Å². The first kappa shape index (κ1) is 21.3. The molecule has 2 aromatic carbocycles. The van der Waals surface area contributed by atoms with Gasteiger partial charge in [-0.2, -0.15) is 0 Å². The Hall–Kier alpha value is -3.43. The Bertz CT molecular complexity index is 885. The van der Waals surface area contributed by atoms with E-state index in [-0.39, 0.29) is 18.5 Å². The second kappa shape index (κ2) is 10.4. The third-order valence-electron chi connectivity index (χ3n) is 4.55. The number of nitrogens with one attached hydrogen (secondary N) is 5. The van der Waals surface area contributed by atoms with Gasteiger partial charge in [0, 0.05) is 0 Å². The van der Waals surface area contributed by atoms with E-state index in [2.05, 4.69) is 32.2 Å². The molecule has 158 valence electrons. The molecule has 1 amide bonds. The minimum Gasteiger partial charge on any atom is -0.465 e. The number of nitrogens with zero attached hydrogens (tertiary/aromatic N) is 1. The molecule has 0 aliphatic carbocycles. The molecule has 1 heterocycles. The minimum atomic E-state index is -0.669. The van der Waals surface area contributed by atoms with Gasteiger partial charge in [0.15, 0.2) is 0 Å². The molecule has 0 aromatic heterocycles.